The molecule has 1 atom stereocenters. The van der Waals surface area contributed by atoms with E-state index in [1.807, 2.05) is 0 Å². The molecule has 0 aliphatic rings. The van der Waals surface area contributed by atoms with Crippen LogP contribution >= 0.6 is 0 Å². The third kappa shape index (κ3) is 7.74. The second-order valence-corrected chi connectivity index (χ2v) is 4.46. The maximum Gasteiger partial charge on any atom is 0.241 e. The molecule has 0 aromatic heterocycles. The Labute approximate surface area is 104 Å². The van der Waals surface area contributed by atoms with Gasteiger partial charge in [-0.3, -0.25) is 9.59 Å². The van der Waals surface area contributed by atoms with Crippen molar-refractivity contribution in [3.05, 3.63) is 0 Å². The van der Waals surface area contributed by atoms with E-state index in [2.05, 4.69) is 12.2 Å². The number of hydrogen-bond donors (Lipinski definition) is 2. The summed E-state index contributed by atoms with van der Waals surface area (Å²) < 4.78 is 0. The highest BCUT2D eigenvalue weighted by Crippen LogP contribution is 2.14. The molecule has 0 rings (SSSR count). The molecule has 0 aromatic rings. The molecule has 0 aromatic carbocycles. The Kier molecular flexibility index (Phi) is 8.40. The van der Waals surface area contributed by atoms with Gasteiger partial charge < -0.3 is 16.0 Å². The van der Waals surface area contributed by atoms with E-state index in [1.54, 1.807) is 14.1 Å². The fourth-order valence-electron chi connectivity index (χ4n) is 1.54. The number of nitrogens with two attached hydrogens (primary N) is 1. The third-order valence-electron chi connectivity index (χ3n) is 2.87. The Hall–Kier alpha value is -1.10. The molecule has 17 heavy (non-hydrogen) atoms. The number of nitrogens with one attached hydrogen (secondary N) is 1. The van der Waals surface area contributed by atoms with Crippen LogP contribution < -0.4 is 11.1 Å². The lowest BCUT2D eigenvalue weighted by Crippen LogP contribution is -2.36. The van der Waals surface area contributed by atoms with Gasteiger partial charge in [-0.1, -0.05) is 13.3 Å². The van der Waals surface area contributed by atoms with Gasteiger partial charge in [0.25, 0.3) is 0 Å². The predicted octanol–water partition coefficient (Wildman–Crippen LogP) is 0.346. The molecule has 0 saturated carbocycles. The van der Waals surface area contributed by atoms with Gasteiger partial charge in [-0.2, -0.15) is 0 Å². The highest BCUT2D eigenvalue weighted by molar-refractivity contribution is 5.84. The summed E-state index contributed by atoms with van der Waals surface area (Å²) in [5, 5.41) is 2.62. The molecule has 2 amide bonds. The number of carbonyl (C=O) groups is 2. The van der Waals surface area contributed by atoms with Crippen molar-refractivity contribution in [3.8, 4) is 0 Å². The molecular formula is C12H25N3O2. The lowest BCUT2D eigenvalue weighted by atomic mass is 9.96. The molecule has 0 fully saturated rings. The standard InChI is InChI=1S/C12H25N3O2/c1-4-10(7-8-13)5-6-11(16)14-9-12(17)15(2)3/h10H,4-9,13H2,1-3H3,(H,14,16). The summed E-state index contributed by atoms with van der Waals surface area (Å²) in [6.07, 6.45) is 3.32. The van der Waals surface area contributed by atoms with E-state index in [0.717, 1.165) is 19.3 Å². The lowest BCUT2D eigenvalue weighted by molar-refractivity contribution is -0.131. The molecule has 0 aliphatic heterocycles. The first-order valence-electron chi connectivity index (χ1n) is 6.18. The summed E-state index contributed by atoms with van der Waals surface area (Å²) in [5.41, 5.74) is 5.49. The van der Waals surface area contributed by atoms with Gasteiger partial charge in [0.05, 0.1) is 6.54 Å². The van der Waals surface area contributed by atoms with Gasteiger partial charge in [0.2, 0.25) is 11.8 Å². The van der Waals surface area contributed by atoms with E-state index in [-0.39, 0.29) is 18.4 Å². The molecule has 0 aliphatic carbocycles. The van der Waals surface area contributed by atoms with Crippen molar-refractivity contribution >= 4 is 11.8 Å². The summed E-state index contributed by atoms with van der Waals surface area (Å²) in [6.45, 7) is 2.85. The van der Waals surface area contributed by atoms with E-state index in [4.69, 9.17) is 5.73 Å². The molecule has 5 heteroatoms. The number of rotatable bonds is 8. The van der Waals surface area contributed by atoms with E-state index in [1.165, 1.54) is 4.90 Å². The first-order valence-corrected chi connectivity index (χ1v) is 6.18. The molecule has 0 heterocycles. The molecule has 0 saturated heterocycles. The lowest BCUT2D eigenvalue weighted by Gasteiger charge is -2.14. The maximum absolute atomic E-state index is 11.5. The zero-order chi connectivity index (χ0) is 13.3. The number of hydrogen-bond acceptors (Lipinski definition) is 3. The quantitative estimate of drug-likeness (QED) is 0.646. The highest BCUT2D eigenvalue weighted by atomic mass is 16.2. The van der Waals surface area contributed by atoms with Gasteiger partial charge in [0, 0.05) is 20.5 Å². The summed E-state index contributed by atoms with van der Waals surface area (Å²) in [5.74, 6) is 0.360. The van der Waals surface area contributed by atoms with Gasteiger partial charge >= 0.3 is 0 Å². The van der Waals surface area contributed by atoms with E-state index in [9.17, 15) is 9.59 Å². The van der Waals surface area contributed by atoms with E-state index < -0.39 is 0 Å². The van der Waals surface area contributed by atoms with Crippen LogP contribution in [0.4, 0.5) is 0 Å². The van der Waals surface area contributed by atoms with Crippen LogP contribution in [0.25, 0.3) is 0 Å². The number of carbonyl (C=O) groups excluding carboxylic acids is 2. The van der Waals surface area contributed by atoms with Gasteiger partial charge in [-0.25, -0.2) is 0 Å². The van der Waals surface area contributed by atoms with Crippen molar-refractivity contribution in [3.63, 3.8) is 0 Å². The minimum atomic E-state index is -0.0904. The largest absolute Gasteiger partial charge is 0.347 e. The van der Waals surface area contributed by atoms with E-state index in [0.29, 0.717) is 18.9 Å². The minimum absolute atomic E-state index is 0.0596. The average molecular weight is 243 g/mol. The third-order valence-corrected chi connectivity index (χ3v) is 2.87. The Morgan fingerprint density at radius 1 is 1.29 bits per heavy atom. The van der Waals surface area contributed by atoms with Gasteiger partial charge in [-0.05, 0) is 25.3 Å². The zero-order valence-corrected chi connectivity index (χ0v) is 11.2. The van der Waals surface area contributed by atoms with Crippen LogP contribution in [0, 0.1) is 5.92 Å². The molecule has 1 unspecified atom stereocenters. The molecule has 0 radical (unpaired) electrons. The normalized spacial score (nSPS) is 12.0. The summed E-state index contributed by atoms with van der Waals surface area (Å²) in [4.78, 5) is 24.2. The minimum Gasteiger partial charge on any atom is -0.347 e. The van der Waals surface area contributed by atoms with Gasteiger partial charge in [-0.15, -0.1) is 0 Å². The molecule has 5 nitrogen and oxygen atoms in total. The fourth-order valence-corrected chi connectivity index (χ4v) is 1.54. The van der Waals surface area contributed by atoms with Crippen molar-refractivity contribution in [2.24, 2.45) is 11.7 Å². The SMILES string of the molecule is CCC(CCN)CCC(=O)NCC(=O)N(C)C. The summed E-state index contributed by atoms with van der Waals surface area (Å²) in [7, 11) is 3.34. The molecule has 0 spiro atoms. The van der Waals surface area contributed by atoms with Crippen LogP contribution in [0.1, 0.15) is 32.6 Å². The number of nitrogens with zero attached hydrogens (tertiary/aromatic N) is 1. The monoisotopic (exact) mass is 243 g/mol. The summed E-state index contributed by atoms with van der Waals surface area (Å²) in [6, 6.07) is 0. The van der Waals surface area contributed by atoms with Crippen molar-refractivity contribution in [2.45, 2.75) is 32.6 Å². The van der Waals surface area contributed by atoms with Crippen molar-refractivity contribution < 1.29 is 9.59 Å². The van der Waals surface area contributed by atoms with Crippen LogP contribution in [-0.4, -0.2) is 43.9 Å². The Balaban J connectivity index is 3.75. The second-order valence-electron chi connectivity index (χ2n) is 4.46. The van der Waals surface area contributed by atoms with Crippen molar-refractivity contribution in [1.82, 2.24) is 10.2 Å². The van der Waals surface area contributed by atoms with Crippen LogP contribution in [-0.2, 0) is 9.59 Å². The smallest absolute Gasteiger partial charge is 0.241 e. The number of likely N-dealkylation sites (N-methyl/N-ethyl adjacent to an activating group) is 1. The second kappa shape index (κ2) is 8.98. The van der Waals surface area contributed by atoms with Crippen LogP contribution in [0.15, 0.2) is 0 Å². The van der Waals surface area contributed by atoms with Crippen LogP contribution in [0.3, 0.4) is 0 Å². The first kappa shape index (κ1) is 15.9. The summed E-state index contributed by atoms with van der Waals surface area (Å²) >= 11 is 0. The fraction of sp³-hybridized carbons (Fsp3) is 0.833. The first-order chi connectivity index (χ1) is 8.01. The topological polar surface area (TPSA) is 75.4 Å². The number of amides is 2. The highest BCUT2D eigenvalue weighted by Gasteiger charge is 2.10. The predicted molar refractivity (Wildman–Crippen MR) is 68.4 cm³/mol. The zero-order valence-electron chi connectivity index (χ0n) is 11.2. The molecule has 0 bridgehead atoms. The van der Waals surface area contributed by atoms with Crippen LogP contribution in [0.2, 0.25) is 0 Å². The molecule has 3 N–H and O–H groups in total. The molecule has 100 valence electrons. The molecular weight excluding hydrogens is 218 g/mol. The average Bonchev–Trinajstić information content (AvgIpc) is 2.31. The Morgan fingerprint density at radius 2 is 1.94 bits per heavy atom. The van der Waals surface area contributed by atoms with E-state index >= 15 is 0 Å². The van der Waals surface area contributed by atoms with Gasteiger partial charge in [0.1, 0.15) is 0 Å². The Bertz CT molecular complexity index is 242. The maximum atomic E-state index is 11.5. The Morgan fingerprint density at radius 3 is 2.41 bits per heavy atom. The van der Waals surface area contributed by atoms with Crippen molar-refractivity contribution in [1.29, 1.82) is 0 Å². The van der Waals surface area contributed by atoms with Crippen LogP contribution in [0.5, 0.6) is 0 Å². The van der Waals surface area contributed by atoms with Gasteiger partial charge in [0.15, 0.2) is 0 Å². The van der Waals surface area contributed by atoms with Crippen molar-refractivity contribution in [2.75, 3.05) is 27.2 Å².